The molecule has 0 atom stereocenters. The second-order valence-electron chi connectivity index (χ2n) is 11.9. The van der Waals surface area contributed by atoms with Gasteiger partial charge in [-0.1, -0.05) is 83.3 Å². The van der Waals surface area contributed by atoms with Crippen molar-refractivity contribution in [1.82, 2.24) is 19.1 Å². The number of hydrogen-bond acceptors (Lipinski definition) is 11. The van der Waals surface area contributed by atoms with Crippen LogP contribution in [-0.4, -0.2) is 24.9 Å². The third-order valence-corrected chi connectivity index (χ3v) is 10.2. The largest absolute Gasteiger partial charge is 0.463 e. The third-order valence-electron chi connectivity index (χ3n) is 8.37. The van der Waals surface area contributed by atoms with Crippen LogP contribution in [0.15, 0.2) is 140 Å². The van der Waals surface area contributed by atoms with Crippen molar-refractivity contribution in [3.05, 3.63) is 165 Å². The molecule has 256 valence electrons. The van der Waals surface area contributed by atoms with Crippen LogP contribution in [0, 0.1) is 0 Å². The quantitative estimate of drug-likeness (QED) is 0.138. The fourth-order valence-corrected chi connectivity index (χ4v) is 7.70. The highest BCUT2D eigenvalue weighted by Crippen LogP contribution is 2.39. The molecule has 0 spiro atoms. The van der Waals surface area contributed by atoms with Crippen molar-refractivity contribution >= 4 is 38.7 Å². The Morgan fingerprint density at radius 3 is 1.42 bits per heavy atom. The predicted octanol–water partition coefficient (Wildman–Crippen LogP) is 7.27. The zero-order chi connectivity index (χ0) is 35.8. The van der Waals surface area contributed by atoms with Gasteiger partial charge < -0.3 is 29.4 Å². The highest BCUT2D eigenvalue weighted by Gasteiger charge is 2.25. The maximum Gasteiger partial charge on any atom is 0.259 e. The number of pyridine rings is 2. The average Bonchev–Trinajstić information content (AvgIpc) is 3.99. The van der Waals surface area contributed by atoms with Gasteiger partial charge in [0.15, 0.2) is 27.6 Å². The molecular weight excluding hydrogens is 697 g/mol. The van der Waals surface area contributed by atoms with E-state index >= 15 is 0 Å². The molecule has 0 saturated carbocycles. The molecule has 52 heavy (non-hydrogen) atoms. The lowest BCUT2D eigenvalue weighted by Crippen LogP contribution is -2.25. The van der Waals surface area contributed by atoms with Gasteiger partial charge in [0.05, 0.1) is 46.5 Å². The van der Waals surface area contributed by atoms with E-state index in [0.29, 0.717) is 32.7 Å². The Balaban J connectivity index is 1.32. The molecule has 2 aromatic carbocycles. The van der Waals surface area contributed by atoms with E-state index in [4.69, 9.17) is 20.3 Å². The lowest BCUT2D eigenvalue weighted by atomic mass is 10.0. The second-order valence-corrected chi connectivity index (χ2v) is 13.9. The Hall–Kier alpha value is -6.57. The minimum atomic E-state index is -0.416. The highest BCUT2D eigenvalue weighted by atomic mass is 32.1. The van der Waals surface area contributed by atoms with Gasteiger partial charge in [-0.3, -0.25) is 14.4 Å². The maximum atomic E-state index is 14.7. The van der Waals surface area contributed by atoms with Crippen molar-refractivity contribution in [3.63, 3.8) is 0 Å². The molecule has 6 heterocycles. The summed E-state index contributed by atoms with van der Waals surface area (Å²) in [6, 6.07) is 29.0. The van der Waals surface area contributed by atoms with E-state index in [-0.39, 0.29) is 56.7 Å². The Labute approximate surface area is 303 Å². The molecule has 0 saturated heterocycles. The van der Waals surface area contributed by atoms with Crippen LogP contribution in [0.25, 0.3) is 43.8 Å². The first-order valence-corrected chi connectivity index (χ1v) is 17.7. The minimum absolute atomic E-state index is 0.198. The summed E-state index contributed by atoms with van der Waals surface area (Å²) in [5.41, 5.74) is 15.1. The molecule has 0 aliphatic carbocycles. The van der Waals surface area contributed by atoms with Crippen LogP contribution < -0.4 is 22.6 Å². The van der Waals surface area contributed by atoms with Crippen LogP contribution in [0.3, 0.4) is 0 Å². The molecule has 8 rings (SSSR count). The summed E-state index contributed by atoms with van der Waals surface area (Å²) in [6.45, 7) is 0.396. The van der Waals surface area contributed by atoms with Crippen LogP contribution in [0.2, 0.25) is 0 Å². The first kappa shape index (κ1) is 32.6. The van der Waals surface area contributed by atoms with Crippen LogP contribution in [-0.2, 0) is 13.1 Å². The van der Waals surface area contributed by atoms with Gasteiger partial charge in [0.2, 0.25) is 0 Å². The number of ketones is 1. The summed E-state index contributed by atoms with van der Waals surface area (Å²) >= 11 is 2.26. The number of nitrogens with two attached hydrogens (primary N) is 2. The Bertz CT molecular complexity index is 2470. The average molecular weight is 725 g/mol. The predicted molar refractivity (Wildman–Crippen MR) is 202 cm³/mol. The fourth-order valence-electron chi connectivity index (χ4n) is 6.01. The lowest BCUT2D eigenvalue weighted by molar-refractivity contribution is 0.103. The minimum Gasteiger partial charge on any atom is -0.463 e. The lowest BCUT2D eigenvalue weighted by Gasteiger charge is -2.14. The van der Waals surface area contributed by atoms with E-state index in [2.05, 4.69) is 9.97 Å². The number of hydrogen-bond donors (Lipinski definition) is 2. The number of furan rings is 2. The number of rotatable bonds is 10. The standard InChI is InChI=1S/C39H28N6O5S2/c40-38-42-31(29-13-7-15-49-29)34(51-38)27-17-25(21-44(36(27)47)19-23-9-3-1-4-10-23)33(46)26-18-28(35-32(43-39(41)52-35)30-14-8-16-50-30)37(48)45(22-26)20-24-11-5-2-6-12-24/h1-18,21-22H,19-20H2,(H2,40,42)(H2,41,43). The molecule has 0 bridgehead atoms. The molecule has 4 N–H and O–H groups in total. The molecule has 0 aliphatic heterocycles. The zero-order valence-electron chi connectivity index (χ0n) is 27.3. The fraction of sp³-hybridized carbons (Fsp3) is 0.0513. The van der Waals surface area contributed by atoms with Gasteiger partial charge in [0.1, 0.15) is 11.4 Å². The molecule has 0 amide bonds. The normalized spacial score (nSPS) is 11.2. The van der Waals surface area contributed by atoms with Gasteiger partial charge in [0, 0.05) is 23.5 Å². The Morgan fingerprint density at radius 2 is 1.04 bits per heavy atom. The zero-order valence-corrected chi connectivity index (χ0v) is 28.9. The SMILES string of the molecule is Nc1nc(-c2ccco2)c(-c2cc(C(=O)c3cc(-c4sc(N)nc4-c4ccco4)c(=O)n(Cc4ccccc4)c3)cn(Cc3ccccc3)c2=O)s1. The van der Waals surface area contributed by atoms with Gasteiger partial charge in [-0.25, -0.2) is 9.97 Å². The van der Waals surface area contributed by atoms with Crippen molar-refractivity contribution in [3.8, 4) is 43.8 Å². The topological polar surface area (TPSA) is 165 Å². The smallest absolute Gasteiger partial charge is 0.259 e. The maximum absolute atomic E-state index is 14.7. The molecule has 0 aliphatic rings. The molecule has 6 aromatic heterocycles. The van der Waals surface area contributed by atoms with E-state index in [1.807, 2.05) is 60.7 Å². The number of anilines is 2. The van der Waals surface area contributed by atoms with Crippen LogP contribution in [0.5, 0.6) is 0 Å². The summed E-state index contributed by atoms with van der Waals surface area (Å²) in [7, 11) is 0. The van der Waals surface area contributed by atoms with E-state index in [1.54, 1.807) is 48.8 Å². The van der Waals surface area contributed by atoms with Gasteiger partial charge in [-0.2, -0.15) is 0 Å². The third kappa shape index (κ3) is 6.30. The monoisotopic (exact) mass is 724 g/mol. The molecule has 11 nitrogen and oxygen atoms in total. The first-order chi connectivity index (χ1) is 25.3. The molecule has 0 radical (unpaired) electrons. The molecule has 0 unspecified atom stereocenters. The van der Waals surface area contributed by atoms with Crippen LogP contribution in [0.4, 0.5) is 10.3 Å². The van der Waals surface area contributed by atoms with E-state index < -0.39 is 5.78 Å². The van der Waals surface area contributed by atoms with Gasteiger partial charge >= 0.3 is 0 Å². The molecule has 0 fully saturated rings. The number of benzene rings is 2. The van der Waals surface area contributed by atoms with Crippen molar-refractivity contribution in [2.45, 2.75) is 13.1 Å². The van der Waals surface area contributed by atoms with Gasteiger partial charge in [0.25, 0.3) is 11.1 Å². The van der Waals surface area contributed by atoms with Crippen molar-refractivity contribution in [1.29, 1.82) is 0 Å². The molecular formula is C39H28N6O5S2. The number of aromatic nitrogens is 4. The van der Waals surface area contributed by atoms with Crippen molar-refractivity contribution < 1.29 is 13.6 Å². The molecule has 13 heteroatoms. The summed E-state index contributed by atoms with van der Waals surface area (Å²) in [5, 5.41) is 0.474. The van der Waals surface area contributed by atoms with Crippen molar-refractivity contribution in [2.24, 2.45) is 0 Å². The Kier molecular flexibility index (Phi) is 8.55. The Morgan fingerprint density at radius 1 is 0.615 bits per heavy atom. The van der Waals surface area contributed by atoms with E-state index in [0.717, 1.165) is 33.8 Å². The number of nitrogens with zero attached hydrogens (tertiary/aromatic N) is 4. The number of thiazole rings is 2. The molecule has 8 aromatic rings. The highest BCUT2D eigenvalue weighted by molar-refractivity contribution is 7.19. The number of carbonyl (C=O) groups is 1. The summed E-state index contributed by atoms with van der Waals surface area (Å²) in [5.74, 6) is 0.449. The second kappa shape index (κ2) is 13.6. The summed E-state index contributed by atoms with van der Waals surface area (Å²) < 4.78 is 14.3. The van der Waals surface area contributed by atoms with Crippen LogP contribution in [0.1, 0.15) is 27.0 Å². The summed E-state index contributed by atoms with van der Waals surface area (Å²) in [6.07, 6.45) is 6.11. The number of nitrogen functional groups attached to an aromatic ring is 2. The van der Waals surface area contributed by atoms with Gasteiger partial charge in [-0.05, 0) is 47.5 Å². The van der Waals surface area contributed by atoms with Crippen molar-refractivity contribution in [2.75, 3.05) is 11.5 Å². The summed E-state index contributed by atoms with van der Waals surface area (Å²) in [4.78, 5) is 53.0. The van der Waals surface area contributed by atoms with E-state index in [1.165, 1.54) is 21.7 Å². The van der Waals surface area contributed by atoms with Gasteiger partial charge in [-0.15, -0.1) is 0 Å². The number of carbonyl (C=O) groups excluding carboxylic acids is 1. The van der Waals surface area contributed by atoms with E-state index in [9.17, 15) is 14.4 Å². The first-order valence-electron chi connectivity index (χ1n) is 16.0. The van der Waals surface area contributed by atoms with Crippen LogP contribution >= 0.6 is 22.7 Å².